The minimum Gasteiger partial charge on any atom is -0.343 e. The van der Waals surface area contributed by atoms with Gasteiger partial charge in [-0.25, -0.2) is 4.79 Å². The topological polar surface area (TPSA) is 64.7 Å². The molecule has 1 atom stereocenters. The van der Waals surface area contributed by atoms with Gasteiger partial charge in [0.25, 0.3) is 0 Å². The highest BCUT2D eigenvalue weighted by molar-refractivity contribution is 5.77. The van der Waals surface area contributed by atoms with Crippen molar-refractivity contribution in [1.29, 1.82) is 0 Å². The first kappa shape index (κ1) is 13.7. The van der Waals surface area contributed by atoms with Crippen LogP contribution in [0.1, 0.15) is 25.7 Å². The molecular weight excluding hydrogens is 256 g/mol. The lowest BCUT2D eigenvalue weighted by atomic mass is 10.0. The van der Waals surface area contributed by atoms with Gasteiger partial charge in [0.05, 0.1) is 0 Å². The van der Waals surface area contributed by atoms with E-state index in [1.807, 2.05) is 9.80 Å². The molecule has 2 N–H and O–H groups in total. The van der Waals surface area contributed by atoms with Crippen LogP contribution in [0.2, 0.25) is 0 Å². The second-order valence-corrected chi connectivity index (χ2v) is 6.10. The number of carbonyl (C=O) groups excluding carboxylic acids is 2. The standard InChI is InChI=1S/C14H24N4O2/c19-13(9-11-1-4-15-10-11)17-6-2-12(3-7-17)18-8-5-16-14(18)20/h11-12,15H,1-10H2,(H,16,20). The van der Waals surface area contributed by atoms with Gasteiger partial charge >= 0.3 is 6.03 Å². The number of nitrogens with zero attached hydrogens (tertiary/aromatic N) is 2. The van der Waals surface area contributed by atoms with Gasteiger partial charge in [-0.1, -0.05) is 0 Å². The van der Waals surface area contributed by atoms with Crippen LogP contribution >= 0.6 is 0 Å². The third-order valence-corrected chi connectivity index (χ3v) is 4.77. The highest BCUT2D eigenvalue weighted by Gasteiger charge is 2.32. The van der Waals surface area contributed by atoms with Crippen molar-refractivity contribution in [2.45, 2.75) is 31.7 Å². The smallest absolute Gasteiger partial charge is 0.317 e. The number of rotatable bonds is 3. The molecule has 3 saturated heterocycles. The fourth-order valence-corrected chi connectivity index (χ4v) is 3.53. The number of nitrogens with one attached hydrogen (secondary N) is 2. The van der Waals surface area contributed by atoms with Crippen molar-refractivity contribution < 1.29 is 9.59 Å². The Balaban J connectivity index is 1.45. The molecule has 0 spiro atoms. The molecule has 3 amide bonds. The Morgan fingerprint density at radius 1 is 1.15 bits per heavy atom. The monoisotopic (exact) mass is 280 g/mol. The Hall–Kier alpha value is -1.30. The van der Waals surface area contributed by atoms with E-state index >= 15 is 0 Å². The van der Waals surface area contributed by atoms with Crippen LogP contribution in [0.5, 0.6) is 0 Å². The number of urea groups is 1. The van der Waals surface area contributed by atoms with Gasteiger partial charge in [-0.05, 0) is 38.3 Å². The van der Waals surface area contributed by atoms with Gasteiger partial charge in [0, 0.05) is 38.6 Å². The van der Waals surface area contributed by atoms with E-state index in [9.17, 15) is 9.59 Å². The molecule has 0 aromatic heterocycles. The minimum atomic E-state index is 0.0619. The number of likely N-dealkylation sites (tertiary alicyclic amines) is 1. The van der Waals surface area contributed by atoms with Crippen molar-refractivity contribution in [3.8, 4) is 0 Å². The maximum atomic E-state index is 12.3. The SMILES string of the molecule is O=C(CC1CCNC1)N1CCC(N2CCNC2=O)CC1. The molecule has 0 aromatic rings. The Morgan fingerprint density at radius 3 is 2.55 bits per heavy atom. The van der Waals surface area contributed by atoms with E-state index in [0.29, 0.717) is 24.3 Å². The van der Waals surface area contributed by atoms with Gasteiger partial charge in [-0.2, -0.15) is 0 Å². The lowest BCUT2D eigenvalue weighted by Crippen LogP contribution is -2.48. The zero-order chi connectivity index (χ0) is 13.9. The van der Waals surface area contributed by atoms with Crippen LogP contribution in [0.3, 0.4) is 0 Å². The molecule has 0 aliphatic carbocycles. The molecule has 6 nitrogen and oxygen atoms in total. The third-order valence-electron chi connectivity index (χ3n) is 4.77. The molecule has 0 bridgehead atoms. The zero-order valence-electron chi connectivity index (χ0n) is 11.9. The quantitative estimate of drug-likeness (QED) is 0.765. The summed E-state index contributed by atoms with van der Waals surface area (Å²) in [5.41, 5.74) is 0. The molecular formula is C14H24N4O2. The summed E-state index contributed by atoms with van der Waals surface area (Å²) >= 11 is 0. The van der Waals surface area contributed by atoms with E-state index in [2.05, 4.69) is 10.6 Å². The van der Waals surface area contributed by atoms with Gasteiger partial charge < -0.3 is 20.4 Å². The largest absolute Gasteiger partial charge is 0.343 e. The number of carbonyl (C=O) groups is 2. The molecule has 3 heterocycles. The summed E-state index contributed by atoms with van der Waals surface area (Å²) in [6.45, 7) is 5.19. The van der Waals surface area contributed by atoms with Gasteiger partial charge in [0.15, 0.2) is 0 Å². The summed E-state index contributed by atoms with van der Waals surface area (Å²) in [6, 6.07) is 0.376. The van der Waals surface area contributed by atoms with Crippen molar-refractivity contribution in [3.05, 3.63) is 0 Å². The lowest BCUT2D eigenvalue weighted by Gasteiger charge is -2.36. The molecule has 0 radical (unpaired) electrons. The van der Waals surface area contributed by atoms with Crippen LogP contribution < -0.4 is 10.6 Å². The molecule has 1 unspecified atom stereocenters. The van der Waals surface area contributed by atoms with Crippen molar-refractivity contribution in [2.75, 3.05) is 39.3 Å². The Kier molecular flexibility index (Phi) is 4.10. The van der Waals surface area contributed by atoms with E-state index in [0.717, 1.165) is 58.5 Å². The molecule has 112 valence electrons. The predicted octanol–water partition coefficient (Wildman–Crippen LogP) is 0.00220. The average Bonchev–Trinajstić information content (AvgIpc) is 3.10. The van der Waals surface area contributed by atoms with Crippen molar-refractivity contribution >= 4 is 11.9 Å². The maximum Gasteiger partial charge on any atom is 0.317 e. The maximum absolute atomic E-state index is 12.3. The molecule has 3 fully saturated rings. The molecule has 6 heteroatoms. The second kappa shape index (κ2) is 5.99. The molecule has 0 saturated carbocycles. The zero-order valence-corrected chi connectivity index (χ0v) is 11.9. The van der Waals surface area contributed by atoms with Crippen LogP contribution in [0.25, 0.3) is 0 Å². The molecule has 3 aliphatic rings. The van der Waals surface area contributed by atoms with Crippen LogP contribution in [0, 0.1) is 5.92 Å². The van der Waals surface area contributed by atoms with Crippen molar-refractivity contribution in [1.82, 2.24) is 20.4 Å². The van der Waals surface area contributed by atoms with Crippen LogP contribution in [-0.2, 0) is 4.79 Å². The first-order chi connectivity index (χ1) is 9.74. The summed E-state index contributed by atoms with van der Waals surface area (Å²) in [7, 11) is 0. The number of amides is 3. The van der Waals surface area contributed by atoms with Gasteiger partial charge in [-0.3, -0.25) is 4.79 Å². The molecule has 3 aliphatic heterocycles. The van der Waals surface area contributed by atoms with Crippen molar-refractivity contribution in [2.24, 2.45) is 5.92 Å². The first-order valence-electron chi connectivity index (χ1n) is 7.77. The molecule has 3 rings (SSSR count). The van der Waals surface area contributed by atoms with E-state index in [1.165, 1.54) is 0 Å². The summed E-state index contributed by atoms with van der Waals surface area (Å²) in [4.78, 5) is 27.8. The summed E-state index contributed by atoms with van der Waals surface area (Å²) < 4.78 is 0. The predicted molar refractivity (Wildman–Crippen MR) is 75.3 cm³/mol. The first-order valence-corrected chi connectivity index (χ1v) is 7.77. The van der Waals surface area contributed by atoms with Crippen LogP contribution in [-0.4, -0.2) is 67.0 Å². The fraction of sp³-hybridized carbons (Fsp3) is 0.857. The Labute approximate surface area is 119 Å². The second-order valence-electron chi connectivity index (χ2n) is 6.10. The molecule has 20 heavy (non-hydrogen) atoms. The Bertz CT molecular complexity index is 373. The highest BCUT2D eigenvalue weighted by atomic mass is 16.2. The summed E-state index contributed by atoms with van der Waals surface area (Å²) in [5, 5.41) is 6.16. The van der Waals surface area contributed by atoms with Gasteiger partial charge in [0.2, 0.25) is 5.91 Å². The summed E-state index contributed by atoms with van der Waals surface area (Å²) in [6.07, 6.45) is 3.64. The fourth-order valence-electron chi connectivity index (χ4n) is 3.53. The average molecular weight is 280 g/mol. The lowest BCUT2D eigenvalue weighted by molar-refractivity contribution is -0.133. The highest BCUT2D eigenvalue weighted by Crippen LogP contribution is 2.20. The number of piperidine rings is 1. The third kappa shape index (κ3) is 2.90. The van der Waals surface area contributed by atoms with Crippen molar-refractivity contribution in [3.63, 3.8) is 0 Å². The number of hydrogen-bond acceptors (Lipinski definition) is 3. The number of hydrogen-bond donors (Lipinski definition) is 2. The molecule has 0 aromatic carbocycles. The van der Waals surface area contributed by atoms with E-state index in [1.54, 1.807) is 0 Å². The van der Waals surface area contributed by atoms with Gasteiger partial charge in [0.1, 0.15) is 0 Å². The Morgan fingerprint density at radius 2 is 1.95 bits per heavy atom. The van der Waals surface area contributed by atoms with Gasteiger partial charge in [-0.15, -0.1) is 0 Å². The summed E-state index contributed by atoms with van der Waals surface area (Å²) in [5.74, 6) is 0.813. The van der Waals surface area contributed by atoms with E-state index in [4.69, 9.17) is 0 Å². The van der Waals surface area contributed by atoms with E-state index < -0.39 is 0 Å². The van der Waals surface area contributed by atoms with Crippen LogP contribution in [0.4, 0.5) is 4.79 Å². The van der Waals surface area contributed by atoms with Crippen LogP contribution in [0.15, 0.2) is 0 Å². The normalized spacial score (nSPS) is 28.0. The minimum absolute atomic E-state index is 0.0619. The van der Waals surface area contributed by atoms with E-state index in [-0.39, 0.29) is 6.03 Å².